The van der Waals surface area contributed by atoms with Crippen LogP contribution in [0.3, 0.4) is 0 Å². The van der Waals surface area contributed by atoms with E-state index in [9.17, 15) is 4.79 Å². The van der Waals surface area contributed by atoms with Gasteiger partial charge in [0.25, 0.3) is 0 Å². The van der Waals surface area contributed by atoms with E-state index in [1.54, 1.807) is 0 Å². The molecule has 1 aliphatic carbocycles. The molecule has 0 spiro atoms. The molecule has 1 unspecified atom stereocenters. The molecule has 15 heavy (non-hydrogen) atoms. The highest BCUT2D eigenvalue weighted by molar-refractivity contribution is 6.07. The molecular weight excluding hydrogens is 186 g/mol. The summed E-state index contributed by atoms with van der Waals surface area (Å²) in [6.45, 7) is 1.92. The van der Waals surface area contributed by atoms with Crippen molar-refractivity contribution in [3.05, 3.63) is 41.0 Å². The maximum Gasteiger partial charge on any atom is 0.247 e. The molecule has 3 rings (SSSR count). The number of benzene rings is 1. The number of carbonyl (C=O) groups is 1. The first-order valence-corrected chi connectivity index (χ1v) is 5.37. The fourth-order valence-electron chi connectivity index (χ4n) is 2.63. The van der Waals surface area contributed by atoms with Crippen LogP contribution in [0.15, 0.2) is 29.8 Å². The highest BCUT2D eigenvalue weighted by Gasteiger charge is 2.33. The van der Waals surface area contributed by atoms with Gasteiger partial charge in [0.2, 0.25) is 5.91 Å². The molecule has 0 bridgehead atoms. The average Bonchev–Trinajstić information content (AvgIpc) is 2.55. The Kier molecular flexibility index (Phi) is 1.72. The van der Waals surface area contributed by atoms with E-state index < -0.39 is 0 Å². The maximum absolute atomic E-state index is 11.6. The lowest BCUT2D eigenvalue weighted by atomic mass is 9.84. The quantitative estimate of drug-likeness (QED) is 0.679. The van der Waals surface area contributed by atoms with E-state index in [0.29, 0.717) is 0 Å². The van der Waals surface area contributed by atoms with Crippen LogP contribution in [0.25, 0.3) is 5.57 Å². The third-order valence-electron chi connectivity index (χ3n) is 3.41. The van der Waals surface area contributed by atoms with Crippen molar-refractivity contribution in [3.8, 4) is 0 Å². The second-order valence-electron chi connectivity index (χ2n) is 4.26. The minimum atomic E-state index is 0.103. The van der Waals surface area contributed by atoms with E-state index in [1.807, 2.05) is 13.0 Å². The highest BCUT2D eigenvalue weighted by atomic mass is 16.2. The predicted molar refractivity (Wildman–Crippen MR) is 59.3 cm³/mol. The van der Waals surface area contributed by atoms with E-state index in [0.717, 1.165) is 18.4 Å². The molecule has 0 fully saturated rings. The minimum Gasteiger partial charge on any atom is -0.345 e. The Morgan fingerprint density at radius 3 is 3.00 bits per heavy atom. The van der Waals surface area contributed by atoms with Crippen molar-refractivity contribution in [2.24, 2.45) is 0 Å². The third-order valence-corrected chi connectivity index (χ3v) is 3.41. The zero-order chi connectivity index (χ0) is 10.4. The first kappa shape index (κ1) is 8.72. The molecule has 1 aromatic carbocycles. The topological polar surface area (TPSA) is 29.1 Å². The molecule has 0 radical (unpaired) electrons. The molecule has 0 saturated carbocycles. The van der Waals surface area contributed by atoms with Gasteiger partial charge in [0.1, 0.15) is 0 Å². The lowest BCUT2D eigenvalue weighted by Gasteiger charge is -2.23. The molecule has 0 aromatic heterocycles. The Morgan fingerprint density at radius 2 is 2.13 bits per heavy atom. The molecular formula is C13H13NO. The number of hydrogen-bond donors (Lipinski definition) is 1. The minimum absolute atomic E-state index is 0.103. The van der Waals surface area contributed by atoms with Gasteiger partial charge in [-0.1, -0.05) is 24.3 Å². The molecule has 1 N–H and O–H groups in total. The van der Waals surface area contributed by atoms with Crippen molar-refractivity contribution in [2.75, 3.05) is 0 Å². The van der Waals surface area contributed by atoms with Crippen LogP contribution >= 0.6 is 0 Å². The van der Waals surface area contributed by atoms with Crippen LogP contribution in [-0.4, -0.2) is 11.9 Å². The summed E-state index contributed by atoms with van der Waals surface area (Å²) in [5.74, 6) is 0.103. The second-order valence-corrected chi connectivity index (χ2v) is 4.26. The van der Waals surface area contributed by atoms with Gasteiger partial charge in [-0.25, -0.2) is 0 Å². The highest BCUT2D eigenvalue weighted by Crippen LogP contribution is 2.36. The van der Waals surface area contributed by atoms with E-state index in [2.05, 4.69) is 23.5 Å². The van der Waals surface area contributed by atoms with Crippen LogP contribution in [0.1, 0.15) is 24.5 Å². The Hall–Kier alpha value is -1.57. The number of nitrogens with one attached hydrogen (secondary N) is 1. The number of aryl methyl sites for hydroxylation is 1. The van der Waals surface area contributed by atoms with Gasteiger partial charge in [-0.2, -0.15) is 0 Å². The van der Waals surface area contributed by atoms with Crippen molar-refractivity contribution in [2.45, 2.75) is 25.8 Å². The smallest absolute Gasteiger partial charge is 0.247 e. The number of fused-ring (bicyclic) bond motifs is 3. The van der Waals surface area contributed by atoms with Crippen molar-refractivity contribution in [1.29, 1.82) is 0 Å². The van der Waals surface area contributed by atoms with Crippen molar-refractivity contribution < 1.29 is 4.79 Å². The fraction of sp³-hybridized carbons (Fsp3) is 0.308. The van der Waals surface area contributed by atoms with E-state index in [-0.39, 0.29) is 11.9 Å². The van der Waals surface area contributed by atoms with Gasteiger partial charge in [0.15, 0.2) is 0 Å². The number of amides is 1. The first-order valence-electron chi connectivity index (χ1n) is 5.37. The molecule has 1 atom stereocenters. The summed E-state index contributed by atoms with van der Waals surface area (Å²) in [7, 11) is 0. The van der Waals surface area contributed by atoms with Gasteiger partial charge in [-0.05, 0) is 36.5 Å². The molecule has 2 heteroatoms. The molecule has 2 aliphatic rings. The number of hydrogen-bond acceptors (Lipinski definition) is 1. The summed E-state index contributed by atoms with van der Waals surface area (Å²) in [5.41, 5.74) is 4.76. The van der Waals surface area contributed by atoms with Gasteiger partial charge in [0.05, 0.1) is 6.04 Å². The molecule has 0 saturated heterocycles. The molecule has 2 nitrogen and oxygen atoms in total. The van der Waals surface area contributed by atoms with Gasteiger partial charge in [-0.15, -0.1) is 0 Å². The van der Waals surface area contributed by atoms with Gasteiger partial charge < -0.3 is 5.32 Å². The van der Waals surface area contributed by atoms with Gasteiger partial charge in [-0.3, -0.25) is 4.79 Å². The van der Waals surface area contributed by atoms with Crippen LogP contribution in [0.2, 0.25) is 0 Å². The molecule has 1 amide bonds. The Morgan fingerprint density at radius 1 is 1.33 bits per heavy atom. The number of rotatable bonds is 0. The largest absolute Gasteiger partial charge is 0.345 e. The predicted octanol–water partition coefficient (Wildman–Crippen LogP) is 1.90. The molecule has 76 valence electrons. The SMILES string of the molecule is CC1=C2c3ccccc3CCC2NC1=O. The summed E-state index contributed by atoms with van der Waals surface area (Å²) < 4.78 is 0. The van der Waals surface area contributed by atoms with Gasteiger partial charge in [0, 0.05) is 5.57 Å². The Bertz CT molecular complexity index is 473. The zero-order valence-corrected chi connectivity index (χ0v) is 8.71. The van der Waals surface area contributed by atoms with E-state index >= 15 is 0 Å². The summed E-state index contributed by atoms with van der Waals surface area (Å²) >= 11 is 0. The normalized spacial score (nSPS) is 23.5. The van der Waals surface area contributed by atoms with Crippen LogP contribution in [0, 0.1) is 0 Å². The Labute approximate surface area is 89.0 Å². The van der Waals surface area contributed by atoms with E-state index in [4.69, 9.17) is 0 Å². The summed E-state index contributed by atoms with van der Waals surface area (Å²) in [6.07, 6.45) is 2.10. The lowest BCUT2D eigenvalue weighted by Crippen LogP contribution is -2.30. The van der Waals surface area contributed by atoms with Crippen LogP contribution in [-0.2, 0) is 11.2 Å². The van der Waals surface area contributed by atoms with Crippen LogP contribution in [0.5, 0.6) is 0 Å². The molecule has 1 aromatic rings. The lowest BCUT2D eigenvalue weighted by molar-refractivity contribution is -0.117. The van der Waals surface area contributed by atoms with E-state index in [1.165, 1.54) is 16.7 Å². The van der Waals surface area contributed by atoms with Gasteiger partial charge >= 0.3 is 0 Å². The average molecular weight is 199 g/mol. The summed E-state index contributed by atoms with van der Waals surface area (Å²) in [6, 6.07) is 8.66. The fourth-order valence-corrected chi connectivity index (χ4v) is 2.63. The summed E-state index contributed by atoms with van der Waals surface area (Å²) in [5, 5.41) is 3.03. The molecule has 1 heterocycles. The monoisotopic (exact) mass is 199 g/mol. The van der Waals surface area contributed by atoms with Crippen molar-refractivity contribution >= 4 is 11.5 Å². The van der Waals surface area contributed by atoms with Crippen LogP contribution in [0.4, 0.5) is 0 Å². The third kappa shape index (κ3) is 1.14. The second kappa shape index (κ2) is 2.96. The summed E-state index contributed by atoms with van der Waals surface area (Å²) in [4.78, 5) is 11.6. The Balaban J connectivity index is 2.23. The maximum atomic E-state index is 11.6. The molecule has 1 aliphatic heterocycles. The van der Waals surface area contributed by atoms with Crippen LogP contribution < -0.4 is 5.32 Å². The zero-order valence-electron chi connectivity index (χ0n) is 8.71. The first-order chi connectivity index (χ1) is 7.27. The number of carbonyl (C=O) groups excluding carboxylic acids is 1. The van der Waals surface area contributed by atoms with Crippen molar-refractivity contribution in [1.82, 2.24) is 5.32 Å². The standard InChI is InChI=1S/C13H13NO/c1-8-12-10-5-3-2-4-9(10)6-7-11(12)14-13(8)15/h2-5,11H,6-7H2,1H3,(H,14,15). The van der Waals surface area contributed by atoms with Crippen molar-refractivity contribution in [3.63, 3.8) is 0 Å².